The van der Waals surface area contributed by atoms with Crippen LogP contribution in [-0.2, 0) is 4.79 Å². The zero-order valence-electron chi connectivity index (χ0n) is 14.7. The lowest BCUT2D eigenvalue weighted by Gasteiger charge is -2.31. The van der Waals surface area contributed by atoms with Crippen molar-refractivity contribution in [3.05, 3.63) is 34.9 Å². The van der Waals surface area contributed by atoms with Gasteiger partial charge in [0.1, 0.15) is 18.6 Å². The molecule has 1 aromatic carbocycles. The summed E-state index contributed by atoms with van der Waals surface area (Å²) >= 11 is 5.93. The molecule has 8 heteroatoms. The standard InChI is InChI=1S/C18H24ClN5O2/c1-11-23-16(14-3-2-13(19)6-15(14)20)7-18(26)24(11)10-17(25)22-9-12-4-5-21-8-12/h2-3,6-7,12,18,21,26H,4-5,8-10,20H2,1H3,(H,22,25). The predicted molar refractivity (Wildman–Crippen MR) is 104 cm³/mol. The second kappa shape index (κ2) is 8.07. The number of amidine groups is 1. The van der Waals surface area contributed by atoms with Gasteiger partial charge in [-0.3, -0.25) is 4.79 Å². The van der Waals surface area contributed by atoms with Gasteiger partial charge >= 0.3 is 0 Å². The monoisotopic (exact) mass is 377 g/mol. The Hall–Kier alpha value is -2.09. The van der Waals surface area contributed by atoms with Gasteiger partial charge in [0, 0.05) is 22.8 Å². The Morgan fingerprint density at radius 1 is 1.54 bits per heavy atom. The molecule has 0 radical (unpaired) electrons. The molecule has 0 saturated carbocycles. The van der Waals surface area contributed by atoms with Crippen LogP contribution in [0, 0.1) is 5.92 Å². The van der Waals surface area contributed by atoms with E-state index in [9.17, 15) is 9.90 Å². The molecule has 1 aromatic rings. The summed E-state index contributed by atoms with van der Waals surface area (Å²) in [5.74, 6) is 0.898. The minimum absolute atomic E-state index is 0.0521. The molecule has 0 bridgehead atoms. The van der Waals surface area contributed by atoms with E-state index in [1.165, 1.54) is 0 Å². The molecule has 1 saturated heterocycles. The maximum absolute atomic E-state index is 12.2. The van der Waals surface area contributed by atoms with Crippen LogP contribution in [0.3, 0.4) is 0 Å². The molecule has 2 aliphatic heterocycles. The second-order valence-electron chi connectivity index (χ2n) is 6.65. The number of nitrogens with one attached hydrogen (secondary N) is 2. The number of anilines is 1. The van der Waals surface area contributed by atoms with Crippen LogP contribution in [0.25, 0.3) is 5.70 Å². The Balaban J connectivity index is 1.63. The van der Waals surface area contributed by atoms with E-state index in [1.807, 2.05) is 0 Å². The number of nitrogen functional groups attached to an aromatic ring is 1. The SMILES string of the molecule is CC1=NC(c2ccc(Cl)cc2N)=CC(O)N1CC(=O)NCC1CCNC1. The van der Waals surface area contributed by atoms with Crippen LogP contribution >= 0.6 is 11.6 Å². The van der Waals surface area contributed by atoms with Gasteiger partial charge in [0.15, 0.2) is 0 Å². The summed E-state index contributed by atoms with van der Waals surface area (Å²) in [4.78, 5) is 18.3. The number of hydrogen-bond acceptors (Lipinski definition) is 6. The maximum atomic E-state index is 12.2. The first-order valence-corrected chi connectivity index (χ1v) is 9.06. The smallest absolute Gasteiger partial charge is 0.239 e. The Morgan fingerprint density at radius 2 is 2.35 bits per heavy atom. The van der Waals surface area contributed by atoms with Crippen molar-refractivity contribution < 1.29 is 9.90 Å². The van der Waals surface area contributed by atoms with Crippen molar-refractivity contribution in [1.29, 1.82) is 0 Å². The number of benzene rings is 1. The van der Waals surface area contributed by atoms with Crippen molar-refractivity contribution in [2.24, 2.45) is 10.9 Å². The minimum atomic E-state index is -0.948. The van der Waals surface area contributed by atoms with Gasteiger partial charge < -0.3 is 26.4 Å². The topological polar surface area (TPSA) is 103 Å². The van der Waals surface area contributed by atoms with Gasteiger partial charge in [0.25, 0.3) is 0 Å². The lowest BCUT2D eigenvalue weighted by molar-refractivity contribution is -0.122. The molecule has 2 unspecified atom stereocenters. The third-order valence-electron chi connectivity index (χ3n) is 4.68. The third kappa shape index (κ3) is 4.35. The van der Waals surface area contributed by atoms with Crippen LogP contribution in [0.15, 0.2) is 29.3 Å². The fraction of sp³-hybridized carbons (Fsp3) is 0.444. The summed E-state index contributed by atoms with van der Waals surface area (Å²) in [5.41, 5.74) is 7.76. The van der Waals surface area contributed by atoms with Gasteiger partial charge in [0.2, 0.25) is 5.91 Å². The Labute approximate surface area is 157 Å². The molecule has 0 aliphatic carbocycles. The van der Waals surface area contributed by atoms with Crippen LogP contribution in [0.4, 0.5) is 5.69 Å². The van der Waals surface area contributed by atoms with Crippen molar-refractivity contribution in [3.63, 3.8) is 0 Å². The van der Waals surface area contributed by atoms with Crippen LogP contribution in [0.5, 0.6) is 0 Å². The summed E-state index contributed by atoms with van der Waals surface area (Å²) in [6, 6.07) is 5.14. The molecule has 1 fully saturated rings. The highest BCUT2D eigenvalue weighted by Gasteiger charge is 2.25. The van der Waals surface area contributed by atoms with Crippen molar-refractivity contribution >= 4 is 34.7 Å². The fourth-order valence-corrected chi connectivity index (χ4v) is 3.36. The fourth-order valence-electron chi connectivity index (χ4n) is 3.18. The van der Waals surface area contributed by atoms with Crippen LogP contribution < -0.4 is 16.4 Å². The average Bonchev–Trinajstić information content (AvgIpc) is 3.09. The average molecular weight is 378 g/mol. The molecular formula is C18H24ClN5O2. The highest BCUT2D eigenvalue weighted by atomic mass is 35.5. The number of aliphatic hydroxyl groups is 1. The first kappa shape index (κ1) is 18.7. The minimum Gasteiger partial charge on any atom is -0.398 e. The number of rotatable bonds is 5. The normalized spacial score (nSPS) is 22.8. The van der Waals surface area contributed by atoms with Gasteiger partial charge in [0.05, 0.1) is 5.70 Å². The van der Waals surface area contributed by atoms with Gasteiger partial charge in [-0.05, 0) is 56.6 Å². The summed E-state index contributed by atoms with van der Waals surface area (Å²) in [7, 11) is 0. The molecule has 1 amide bonds. The Bertz CT molecular complexity index is 743. The number of aliphatic imine (C=N–C) groups is 1. The lowest BCUT2D eigenvalue weighted by atomic mass is 10.1. The molecule has 0 aromatic heterocycles. The largest absolute Gasteiger partial charge is 0.398 e. The van der Waals surface area contributed by atoms with E-state index in [0.717, 1.165) is 19.5 Å². The van der Waals surface area contributed by atoms with E-state index >= 15 is 0 Å². The van der Waals surface area contributed by atoms with Crippen molar-refractivity contribution in [2.45, 2.75) is 19.6 Å². The highest BCUT2D eigenvalue weighted by Crippen LogP contribution is 2.28. The number of aliphatic hydroxyl groups excluding tert-OH is 1. The summed E-state index contributed by atoms with van der Waals surface area (Å²) in [6.45, 7) is 4.39. The van der Waals surface area contributed by atoms with Gasteiger partial charge in [-0.1, -0.05) is 11.6 Å². The summed E-state index contributed by atoms with van der Waals surface area (Å²) in [5, 5.41) is 17.2. The summed E-state index contributed by atoms with van der Waals surface area (Å²) < 4.78 is 0. The molecule has 2 aliphatic rings. The first-order chi connectivity index (χ1) is 12.4. The van der Waals surface area contributed by atoms with E-state index < -0.39 is 6.23 Å². The van der Waals surface area contributed by atoms with Crippen LogP contribution in [0.2, 0.25) is 5.02 Å². The van der Waals surface area contributed by atoms with Crippen LogP contribution in [0.1, 0.15) is 18.9 Å². The van der Waals surface area contributed by atoms with Gasteiger partial charge in [-0.2, -0.15) is 0 Å². The number of nitrogens with zero attached hydrogens (tertiary/aromatic N) is 2. The quantitative estimate of drug-likeness (QED) is 0.574. The number of carbonyl (C=O) groups is 1. The third-order valence-corrected chi connectivity index (χ3v) is 4.91. The first-order valence-electron chi connectivity index (χ1n) is 8.68. The van der Waals surface area contributed by atoms with Gasteiger partial charge in [-0.15, -0.1) is 0 Å². The highest BCUT2D eigenvalue weighted by molar-refractivity contribution is 6.31. The van der Waals surface area contributed by atoms with Crippen molar-refractivity contribution in [2.75, 3.05) is 31.9 Å². The zero-order chi connectivity index (χ0) is 18.7. The van der Waals surface area contributed by atoms with E-state index in [1.54, 1.807) is 36.1 Å². The number of halogens is 1. The molecule has 0 spiro atoms. The Kier molecular flexibility index (Phi) is 5.80. The van der Waals surface area contributed by atoms with E-state index in [-0.39, 0.29) is 12.5 Å². The maximum Gasteiger partial charge on any atom is 0.239 e. The molecule has 26 heavy (non-hydrogen) atoms. The van der Waals surface area contributed by atoms with Crippen molar-refractivity contribution in [1.82, 2.24) is 15.5 Å². The zero-order valence-corrected chi connectivity index (χ0v) is 15.5. The van der Waals surface area contributed by atoms with E-state index in [0.29, 0.717) is 40.3 Å². The van der Waals surface area contributed by atoms with Gasteiger partial charge in [-0.25, -0.2) is 4.99 Å². The molecule has 140 valence electrons. The molecule has 7 nitrogen and oxygen atoms in total. The second-order valence-corrected chi connectivity index (χ2v) is 7.08. The van der Waals surface area contributed by atoms with E-state index in [4.69, 9.17) is 17.3 Å². The number of amides is 1. The molecule has 2 heterocycles. The Morgan fingerprint density at radius 3 is 3.00 bits per heavy atom. The summed E-state index contributed by atoms with van der Waals surface area (Å²) in [6.07, 6.45) is 1.71. The molecular weight excluding hydrogens is 354 g/mol. The number of nitrogens with two attached hydrogens (primary N) is 1. The number of hydrogen-bond donors (Lipinski definition) is 4. The van der Waals surface area contributed by atoms with Crippen molar-refractivity contribution in [3.8, 4) is 0 Å². The lowest BCUT2D eigenvalue weighted by Crippen LogP contribution is -2.47. The molecule has 5 N–H and O–H groups in total. The number of carbonyl (C=O) groups excluding carboxylic acids is 1. The predicted octanol–water partition coefficient (Wildman–Crippen LogP) is 1.04. The molecule has 2 atom stereocenters. The van der Waals surface area contributed by atoms with E-state index in [2.05, 4.69) is 15.6 Å². The molecule has 3 rings (SSSR count). The van der Waals surface area contributed by atoms with Crippen LogP contribution in [-0.4, -0.2) is 54.2 Å².